The van der Waals surface area contributed by atoms with Gasteiger partial charge in [-0.15, -0.1) is 0 Å². The van der Waals surface area contributed by atoms with Crippen molar-refractivity contribution >= 4 is 46.7 Å². The van der Waals surface area contributed by atoms with E-state index in [9.17, 15) is 47.0 Å². The summed E-state index contributed by atoms with van der Waals surface area (Å²) >= 11 is 6.49. The maximum absolute atomic E-state index is 14.7. The lowest BCUT2D eigenvalue weighted by molar-refractivity contribution is -0.926. The lowest BCUT2D eigenvalue weighted by atomic mass is 9.92. The minimum atomic E-state index is -4.87. The number of hydrogen-bond donors (Lipinski definition) is 6. The summed E-state index contributed by atoms with van der Waals surface area (Å²) in [6.07, 6.45) is -2.56. The van der Waals surface area contributed by atoms with E-state index in [1.807, 2.05) is 0 Å². The quantitative estimate of drug-likeness (QED) is 0.0692. The van der Waals surface area contributed by atoms with Gasteiger partial charge in [0.05, 0.1) is 35.9 Å². The van der Waals surface area contributed by atoms with Crippen LogP contribution in [-0.2, 0) is 22.2 Å². The number of nitrogen functional groups attached to an aromatic ring is 1. The highest BCUT2D eigenvalue weighted by Crippen LogP contribution is 2.37. The second-order valence-corrected chi connectivity index (χ2v) is 14.7. The SMILES string of the molecule is Nc1ccc(-c2[nH]nc(C(F)(F)F)c2Cc2cnc(C(=O)Nc3ccc(C(=O)N4CCN(C(=O)C5CC[N+](CCCO)(CC(=O)O)CC5)CC4)c(Cl)c3)[nH]2)c(F)c1. The number of aliphatic hydroxyl groups excluding tert-OH is 1. The number of carbonyl (C=O) groups is 4. The second-order valence-electron chi connectivity index (χ2n) is 14.3. The summed E-state index contributed by atoms with van der Waals surface area (Å²) < 4.78 is 56.6. The molecule has 0 saturated carbocycles. The molecule has 0 unspecified atom stereocenters. The number of nitrogens with two attached hydrogens (primary N) is 1. The Bertz CT molecular complexity index is 2140. The zero-order chi connectivity index (χ0) is 41.1. The molecule has 0 radical (unpaired) electrons. The van der Waals surface area contributed by atoms with E-state index in [1.165, 1.54) is 36.5 Å². The number of aliphatic carboxylic acids is 1. The van der Waals surface area contributed by atoms with Gasteiger partial charge in [-0.2, -0.15) is 18.3 Å². The Kier molecular flexibility index (Phi) is 12.2. The number of hydrogen-bond acceptors (Lipinski definition) is 8. The third kappa shape index (κ3) is 9.37. The number of likely N-dealkylation sites (tertiary alicyclic amines) is 1. The third-order valence-corrected chi connectivity index (χ3v) is 10.8. The van der Waals surface area contributed by atoms with Crippen molar-refractivity contribution in [3.8, 4) is 11.3 Å². The number of alkyl halides is 3. The largest absolute Gasteiger partial charge is 0.477 e. The second kappa shape index (κ2) is 16.9. The molecule has 0 aliphatic carbocycles. The number of imidazole rings is 1. The van der Waals surface area contributed by atoms with Gasteiger partial charge in [0.15, 0.2) is 18.1 Å². The lowest BCUT2D eigenvalue weighted by Crippen LogP contribution is -2.58. The number of benzene rings is 2. The molecule has 4 heterocycles. The van der Waals surface area contributed by atoms with E-state index in [0.29, 0.717) is 56.5 Å². The summed E-state index contributed by atoms with van der Waals surface area (Å²) in [5, 5.41) is 27.0. The monoisotopic (exact) mass is 818 g/mol. The van der Waals surface area contributed by atoms with Crippen LogP contribution in [-0.4, -0.2) is 127 Å². The predicted octanol–water partition coefficient (Wildman–Crippen LogP) is 4.01. The number of carbonyl (C=O) groups excluding carboxylic acids is 3. The number of amides is 3. The highest BCUT2D eigenvalue weighted by Gasteiger charge is 2.41. The van der Waals surface area contributed by atoms with Gasteiger partial charge >= 0.3 is 12.1 Å². The number of aromatic nitrogens is 4. The number of quaternary nitrogens is 1. The molecular weight excluding hydrogens is 778 g/mol. The van der Waals surface area contributed by atoms with Crippen LogP contribution < -0.4 is 11.1 Å². The molecule has 2 aliphatic heterocycles. The van der Waals surface area contributed by atoms with Crippen LogP contribution in [0.3, 0.4) is 0 Å². The first-order chi connectivity index (χ1) is 27.1. The van der Waals surface area contributed by atoms with Crippen LogP contribution >= 0.6 is 11.6 Å². The van der Waals surface area contributed by atoms with Gasteiger partial charge in [0.25, 0.3) is 11.8 Å². The smallest absolute Gasteiger partial charge is 0.435 e. The fourth-order valence-electron chi connectivity index (χ4n) is 7.51. The summed E-state index contributed by atoms with van der Waals surface area (Å²) in [6.45, 7) is 2.69. The predicted molar refractivity (Wildman–Crippen MR) is 198 cm³/mol. The average molecular weight is 819 g/mol. The van der Waals surface area contributed by atoms with Crippen LogP contribution in [0.5, 0.6) is 0 Å². The Labute approximate surface area is 328 Å². The number of halogens is 5. The highest BCUT2D eigenvalue weighted by molar-refractivity contribution is 6.34. The van der Waals surface area contributed by atoms with Gasteiger partial charge in [-0.3, -0.25) is 19.5 Å². The van der Waals surface area contributed by atoms with Crippen molar-refractivity contribution in [2.75, 3.05) is 70.0 Å². The number of nitrogens with zero attached hydrogens (tertiary/aromatic N) is 5. The van der Waals surface area contributed by atoms with Gasteiger partial charge < -0.3 is 40.5 Å². The van der Waals surface area contributed by atoms with Crippen molar-refractivity contribution in [3.05, 3.63) is 81.8 Å². The van der Waals surface area contributed by atoms with Crippen LogP contribution in [0.25, 0.3) is 11.3 Å². The molecule has 0 spiro atoms. The fourth-order valence-corrected chi connectivity index (χ4v) is 7.78. The Hall–Kier alpha value is -5.53. The molecule has 2 aliphatic rings. The topological polar surface area (TPSA) is 211 Å². The van der Waals surface area contributed by atoms with E-state index in [1.54, 1.807) is 9.80 Å². The van der Waals surface area contributed by atoms with Gasteiger partial charge in [-0.25, -0.2) is 14.2 Å². The van der Waals surface area contributed by atoms with Crippen molar-refractivity contribution < 1.29 is 51.4 Å². The van der Waals surface area contributed by atoms with E-state index in [-0.39, 0.29) is 94.3 Å². The first-order valence-corrected chi connectivity index (χ1v) is 18.6. The number of carboxylic acid groups (broad SMARTS) is 1. The van der Waals surface area contributed by atoms with Crippen molar-refractivity contribution in [1.82, 2.24) is 30.0 Å². The molecular formula is C37H41ClF4N9O6+. The van der Waals surface area contributed by atoms with Gasteiger partial charge in [0.1, 0.15) is 5.82 Å². The molecule has 20 heteroatoms. The molecule has 304 valence electrons. The number of anilines is 2. The fraction of sp³-hybridized carbons (Fsp3) is 0.405. The maximum atomic E-state index is 14.7. The molecule has 6 rings (SSSR count). The first-order valence-electron chi connectivity index (χ1n) is 18.2. The average Bonchev–Trinajstić information content (AvgIpc) is 3.82. The standard InChI is InChI=1S/C37H40ClF4N9O6/c38-28-18-23(46-34(55)33-44-19-24(45-33)17-27-31(47-48-32(27)37(40,41)42)26-4-2-22(43)16-29(26)39)3-5-25(28)36(57)50-10-8-49(9-11-50)35(56)21-6-13-51(14-7-21,12-1-15-52)20-30(53)54/h2-5,16,18-19,21,52H,1,6-15,17,20H2,(H5-,43,44,45,46,47,48,53,54,55,57)/p+1. The summed E-state index contributed by atoms with van der Waals surface area (Å²) in [5.41, 5.74) is 4.15. The Morgan fingerprint density at radius 1 is 1.04 bits per heavy atom. The molecule has 57 heavy (non-hydrogen) atoms. The van der Waals surface area contributed by atoms with Gasteiger partial charge in [-0.05, 0) is 36.4 Å². The normalized spacial score (nSPS) is 18.7. The first kappa shape index (κ1) is 41.1. The molecule has 2 saturated heterocycles. The third-order valence-electron chi connectivity index (χ3n) is 10.5. The Morgan fingerprint density at radius 3 is 2.37 bits per heavy atom. The van der Waals surface area contributed by atoms with E-state index in [2.05, 4.69) is 25.5 Å². The number of aliphatic hydroxyl groups is 1. The lowest BCUT2D eigenvalue weighted by Gasteiger charge is -2.44. The van der Waals surface area contributed by atoms with Gasteiger partial charge in [0, 0.05) is 98.8 Å². The van der Waals surface area contributed by atoms with Gasteiger partial charge in [0.2, 0.25) is 5.91 Å². The van der Waals surface area contributed by atoms with Crippen LogP contribution in [0.15, 0.2) is 42.6 Å². The molecule has 0 bridgehead atoms. The molecule has 15 nitrogen and oxygen atoms in total. The van der Waals surface area contributed by atoms with Crippen molar-refractivity contribution in [1.29, 1.82) is 0 Å². The maximum Gasteiger partial charge on any atom is 0.435 e. The van der Waals surface area contributed by atoms with Crippen molar-refractivity contribution in [2.45, 2.75) is 31.9 Å². The summed E-state index contributed by atoms with van der Waals surface area (Å²) in [7, 11) is 0. The summed E-state index contributed by atoms with van der Waals surface area (Å²) in [5.74, 6) is -3.39. The molecule has 3 amide bonds. The zero-order valence-electron chi connectivity index (χ0n) is 30.5. The number of H-pyrrole nitrogens is 2. The highest BCUT2D eigenvalue weighted by atomic mass is 35.5. The Morgan fingerprint density at radius 2 is 1.74 bits per heavy atom. The van der Waals surface area contributed by atoms with Crippen LogP contribution in [0, 0.1) is 11.7 Å². The van der Waals surface area contributed by atoms with Crippen LogP contribution in [0.4, 0.5) is 28.9 Å². The number of piperidine rings is 1. The molecule has 2 fully saturated rings. The number of carboxylic acids is 1. The zero-order valence-corrected chi connectivity index (χ0v) is 31.3. The van der Waals surface area contributed by atoms with Gasteiger partial charge in [-0.1, -0.05) is 11.6 Å². The molecule has 7 N–H and O–H groups in total. The molecule has 2 aromatic heterocycles. The number of rotatable bonds is 12. The number of nitrogens with one attached hydrogen (secondary N) is 3. The van der Waals surface area contributed by atoms with Crippen LogP contribution in [0.2, 0.25) is 5.02 Å². The number of aromatic amines is 2. The van der Waals surface area contributed by atoms with E-state index >= 15 is 0 Å². The van der Waals surface area contributed by atoms with Crippen molar-refractivity contribution in [3.63, 3.8) is 0 Å². The number of piperazine rings is 1. The minimum Gasteiger partial charge on any atom is -0.477 e. The van der Waals surface area contributed by atoms with E-state index in [4.69, 9.17) is 17.3 Å². The summed E-state index contributed by atoms with van der Waals surface area (Å²) in [4.78, 5) is 61.4. The molecule has 2 aromatic carbocycles. The van der Waals surface area contributed by atoms with Crippen molar-refractivity contribution in [2.24, 2.45) is 5.92 Å². The van der Waals surface area contributed by atoms with Crippen LogP contribution in [0.1, 0.15) is 57.2 Å². The minimum absolute atomic E-state index is 0.0231. The molecule has 0 atom stereocenters. The van der Waals surface area contributed by atoms with E-state index < -0.39 is 36.0 Å². The summed E-state index contributed by atoms with van der Waals surface area (Å²) in [6, 6.07) is 7.83. The Balaban J connectivity index is 1.04. The molecule has 4 aromatic rings. The van der Waals surface area contributed by atoms with E-state index in [0.717, 1.165) is 6.07 Å².